The Morgan fingerprint density at radius 1 is 1.37 bits per heavy atom. The van der Waals surface area contributed by atoms with Gasteiger partial charge in [0.05, 0.1) is 11.6 Å². The molecule has 0 aliphatic rings. The SMILES string of the molecule is Cc1ccc(OCCNC(=O)OC(C)(C)C)c(Cl)c1. The maximum absolute atomic E-state index is 11.4. The summed E-state index contributed by atoms with van der Waals surface area (Å²) < 4.78 is 10.6. The third kappa shape index (κ3) is 6.34. The second-order valence-electron chi connectivity index (χ2n) is 5.21. The molecule has 0 fully saturated rings. The number of hydrogen-bond acceptors (Lipinski definition) is 3. The Morgan fingerprint density at radius 3 is 2.63 bits per heavy atom. The van der Waals surface area contributed by atoms with E-state index in [0.29, 0.717) is 23.9 Å². The number of halogens is 1. The third-order valence-electron chi connectivity index (χ3n) is 2.12. The lowest BCUT2D eigenvalue weighted by atomic mass is 10.2. The van der Waals surface area contributed by atoms with E-state index < -0.39 is 11.7 Å². The topological polar surface area (TPSA) is 47.6 Å². The van der Waals surface area contributed by atoms with Crippen molar-refractivity contribution in [2.24, 2.45) is 0 Å². The molecule has 0 radical (unpaired) electrons. The van der Waals surface area contributed by atoms with Gasteiger partial charge >= 0.3 is 6.09 Å². The van der Waals surface area contributed by atoms with Gasteiger partial charge in [-0.15, -0.1) is 0 Å². The number of hydrogen-bond donors (Lipinski definition) is 1. The fourth-order valence-corrected chi connectivity index (χ4v) is 1.64. The smallest absolute Gasteiger partial charge is 0.407 e. The maximum atomic E-state index is 11.4. The molecule has 19 heavy (non-hydrogen) atoms. The van der Waals surface area contributed by atoms with Crippen LogP contribution in [-0.2, 0) is 4.74 Å². The molecule has 5 heteroatoms. The van der Waals surface area contributed by atoms with Crippen LogP contribution in [0.4, 0.5) is 4.79 Å². The van der Waals surface area contributed by atoms with Gasteiger partial charge in [-0.2, -0.15) is 0 Å². The lowest BCUT2D eigenvalue weighted by molar-refractivity contribution is 0.0520. The van der Waals surface area contributed by atoms with Crippen molar-refractivity contribution in [2.45, 2.75) is 33.3 Å². The summed E-state index contributed by atoms with van der Waals surface area (Å²) in [6.07, 6.45) is -0.453. The van der Waals surface area contributed by atoms with Crippen molar-refractivity contribution >= 4 is 17.7 Å². The zero-order valence-electron chi connectivity index (χ0n) is 11.7. The van der Waals surface area contributed by atoms with Crippen LogP contribution in [0.25, 0.3) is 0 Å². The molecular formula is C14H20ClNO3. The summed E-state index contributed by atoms with van der Waals surface area (Å²) in [5.41, 5.74) is 0.579. The van der Waals surface area contributed by atoms with Crippen LogP contribution < -0.4 is 10.1 Å². The van der Waals surface area contributed by atoms with Crippen LogP contribution in [0.2, 0.25) is 5.02 Å². The Hall–Kier alpha value is -1.42. The number of amides is 1. The number of rotatable bonds is 4. The summed E-state index contributed by atoms with van der Waals surface area (Å²) in [4.78, 5) is 11.4. The third-order valence-corrected chi connectivity index (χ3v) is 2.41. The zero-order chi connectivity index (χ0) is 14.5. The van der Waals surface area contributed by atoms with Crippen molar-refractivity contribution in [3.63, 3.8) is 0 Å². The predicted molar refractivity (Wildman–Crippen MR) is 75.9 cm³/mol. The fourth-order valence-electron chi connectivity index (χ4n) is 1.35. The Kier molecular flexibility index (Phi) is 5.48. The number of ether oxygens (including phenoxy) is 2. The Labute approximate surface area is 119 Å². The monoisotopic (exact) mass is 285 g/mol. The molecule has 106 valence electrons. The largest absolute Gasteiger partial charge is 0.490 e. The first kappa shape index (κ1) is 15.6. The second kappa shape index (κ2) is 6.66. The number of benzene rings is 1. The van der Waals surface area contributed by atoms with Gasteiger partial charge < -0.3 is 14.8 Å². The molecule has 0 aliphatic heterocycles. The molecule has 0 bridgehead atoms. The molecule has 1 N–H and O–H groups in total. The minimum Gasteiger partial charge on any atom is -0.490 e. The highest BCUT2D eigenvalue weighted by atomic mass is 35.5. The van der Waals surface area contributed by atoms with Crippen molar-refractivity contribution in [1.82, 2.24) is 5.32 Å². The standard InChI is InChI=1S/C14H20ClNO3/c1-10-5-6-12(11(15)9-10)18-8-7-16-13(17)19-14(2,3)4/h5-6,9H,7-8H2,1-4H3,(H,16,17). The number of nitrogens with one attached hydrogen (secondary N) is 1. The van der Waals surface area contributed by atoms with Crippen molar-refractivity contribution in [2.75, 3.05) is 13.2 Å². The average molecular weight is 286 g/mol. The van der Waals surface area contributed by atoms with E-state index in [2.05, 4.69) is 5.32 Å². The van der Waals surface area contributed by atoms with E-state index >= 15 is 0 Å². The first-order valence-electron chi connectivity index (χ1n) is 6.14. The molecule has 4 nitrogen and oxygen atoms in total. The number of carbonyl (C=O) groups is 1. The van der Waals surface area contributed by atoms with Gasteiger partial charge in [-0.1, -0.05) is 17.7 Å². The van der Waals surface area contributed by atoms with Gasteiger partial charge in [0.1, 0.15) is 18.0 Å². The van der Waals surface area contributed by atoms with Gasteiger partial charge in [0.2, 0.25) is 0 Å². The normalized spacial score (nSPS) is 11.0. The highest BCUT2D eigenvalue weighted by molar-refractivity contribution is 6.32. The maximum Gasteiger partial charge on any atom is 0.407 e. The first-order chi connectivity index (χ1) is 8.78. The van der Waals surface area contributed by atoms with E-state index in [4.69, 9.17) is 21.1 Å². The summed E-state index contributed by atoms with van der Waals surface area (Å²) >= 11 is 6.02. The molecule has 0 unspecified atom stereocenters. The Morgan fingerprint density at radius 2 is 2.05 bits per heavy atom. The van der Waals surface area contributed by atoms with Crippen LogP contribution in [0.15, 0.2) is 18.2 Å². The highest BCUT2D eigenvalue weighted by Gasteiger charge is 2.15. The molecule has 1 aromatic carbocycles. The van der Waals surface area contributed by atoms with Gasteiger partial charge in [0, 0.05) is 0 Å². The van der Waals surface area contributed by atoms with E-state index in [9.17, 15) is 4.79 Å². The summed E-state index contributed by atoms with van der Waals surface area (Å²) in [6, 6.07) is 5.56. The highest BCUT2D eigenvalue weighted by Crippen LogP contribution is 2.24. The van der Waals surface area contributed by atoms with E-state index in [1.165, 1.54) is 0 Å². The van der Waals surface area contributed by atoms with Crippen LogP contribution >= 0.6 is 11.6 Å². The van der Waals surface area contributed by atoms with Crippen LogP contribution in [-0.4, -0.2) is 24.8 Å². The van der Waals surface area contributed by atoms with Crippen LogP contribution in [0, 0.1) is 6.92 Å². The van der Waals surface area contributed by atoms with Crippen LogP contribution in [0.1, 0.15) is 26.3 Å². The Bertz CT molecular complexity index is 441. The molecule has 0 aliphatic carbocycles. The van der Waals surface area contributed by atoms with Crippen LogP contribution in [0.5, 0.6) is 5.75 Å². The summed E-state index contributed by atoms with van der Waals surface area (Å²) in [6.45, 7) is 8.10. The molecule has 0 saturated heterocycles. The number of carbonyl (C=O) groups excluding carboxylic acids is 1. The predicted octanol–water partition coefficient (Wildman–Crippen LogP) is 3.55. The van der Waals surface area contributed by atoms with Gasteiger partial charge in [0.25, 0.3) is 0 Å². The fraction of sp³-hybridized carbons (Fsp3) is 0.500. The minimum atomic E-state index is -0.495. The number of alkyl carbamates (subject to hydrolysis) is 1. The van der Waals surface area contributed by atoms with Crippen molar-refractivity contribution in [3.05, 3.63) is 28.8 Å². The van der Waals surface area contributed by atoms with Crippen LogP contribution in [0.3, 0.4) is 0 Å². The average Bonchev–Trinajstić information content (AvgIpc) is 2.24. The molecule has 1 amide bonds. The van der Waals surface area contributed by atoms with E-state index in [1.807, 2.05) is 45.9 Å². The summed E-state index contributed by atoms with van der Waals surface area (Å²) in [5.74, 6) is 0.609. The van der Waals surface area contributed by atoms with Gasteiger partial charge in [-0.3, -0.25) is 0 Å². The molecule has 1 rings (SSSR count). The van der Waals surface area contributed by atoms with Crippen molar-refractivity contribution in [1.29, 1.82) is 0 Å². The molecule has 0 spiro atoms. The van der Waals surface area contributed by atoms with E-state index in [0.717, 1.165) is 5.56 Å². The van der Waals surface area contributed by atoms with E-state index in [1.54, 1.807) is 0 Å². The number of aryl methyl sites for hydroxylation is 1. The molecule has 0 heterocycles. The van der Waals surface area contributed by atoms with Crippen molar-refractivity contribution < 1.29 is 14.3 Å². The Balaban J connectivity index is 2.29. The lowest BCUT2D eigenvalue weighted by Gasteiger charge is -2.19. The lowest BCUT2D eigenvalue weighted by Crippen LogP contribution is -2.34. The quantitative estimate of drug-likeness (QED) is 0.861. The molecule has 0 saturated carbocycles. The first-order valence-corrected chi connectivity index (χ1v) is 6.51. The molecular weight excluding hydrogens is 266 g/mol. The molecule has 0 aromatic heterocycles. The van der Waals surface area contributed by atoms with Crippen molar-refractivity contribution in [3.8, 4) is 5.75 Å². The second-order valence-corrected chi connectivity index (χ2v) is 5.62. The molecule has 0 atom stereocenters. The van der Waals surface area contributed by atoms with Gasteiger partial charge in [-0.25, -0.2) is 4.79 Å². The zero-order valence-corrected chi connectivity index (χ0v) is 12.5. The molecule has 1 aromatic rings. The minimum absolute atomic E-state index is 0.335. The summed E-state index contributed by atoms with van der Waals surface area (Å²) in [7, 11) is 0. The van der Waals surface area contributed by atoms with E-state index in [-0.39, 0.29) is 0 Å². The summed E-state index contributed by atoms with van der Waals surface area (Å²) in [5, 5.41) is 3.18. The van der Waals surface area contributed by atoms with Gasteiger partial charge in [0.15, 0.2) is 0 Å². The van der Waals surface area contributed by atoms with Gasteiger partial charge in [-0.05, 0) is 45.4 Å².